The van der Waals surface area contributed by atoms with Crippen molar-refractivity contribution in [2.24, 2.45) is 0 Å². The Labute approximate surface area is 102 Å². The summed E-state index contributed by atoms with van der Waals surface area (Å²) >= 11 is 5.87. The topological polar surface area (TPSA) is 42.0 Å². The van der Waals surface area contributed by atoms with Crippen molar-refractivity contribution < 1.29 is 9.18 Å². The van der Waals surface area contributed by atoms with E-state index in [0.717, 1.165) is 6.20 Å². The maximum Gasteiger partial charge on any atom is 0.258 e. The molecule has 0 aliphatic heterocycles. The molecule has 5 heteroatoms. The first-order valence-corrected chi connectivity index (χ1v) is 5.22. The van der Waals surface area contributed by atoms with Crippen LogP contribution in [0.15, 0.2) is 42.6 Å². The summed E-state index contributed by atoms with van der Waals surface area (Å²) in [6.07, 6.45) is 1.03. The molecule has 1 heterocycles. The molecule has 0 atom stereocenters. The monoisotopic (exact) mass is 250 g/mol. The Morgan fingerprint density at radius 3 is 2.65 bits per heavy atom. The van der Waals surface area contributed by atoms with Gasteiger partial charge in [0.25, 0.3) is 5.91 Å². The molecule has 3 nitrogen and oxygen atoms in total. The number of pyridine rings is 1. The van der Waals surface area contributed by atoms with Gasteiger partial charge in [0.15, 0.2) is 0 Å². The van der Waals surface area contributed by atoms with Crippen LogP contribution in [0, 0.1) is 5.82 Å². The molecule has 0 radical (unpaired) electrons. The molecule has 0 unspecified atom stereocenters. The van der Waals surface area contributed by atoms with Gasteiger partial charge in [0.1, 0.15) is 11.6 Å². The van der Waals surface area contributed by atoms with Crippen LogP contribution in [0.3, 0.4) is 0 Å². The van der Waals surface area contributed by atoms with Crippen molar-refractivity contribution in [2.75, 3.05) is 5.32 Å². The first-order valence-electron chi connectivity index (χ1n) is 4.84. The fraction of sp³-hybridized carbons (Fsp3) is 0. The van der Waals surface area contributed by atoms with Gasteiger partial charge in [0.05, 0.1) is 16.8 Å². The third-order valence-electron chi connectivity index (χ3n) is 2.09. The van der Waals surface area contributed by atoms with Gasteiger partial charge in [-0.3, -0.25) is 4.79 Å². The summed E-state index contributed by atoms with van der Waals surface area (Å²) in [5.41, 5.74) is 0.347. The highest BCUT2D eigenvalue weighted by Crippen LogP contribution is 2.16. The Morgan fingerprint density at radius 2 is 2.00 bits per heavy atom. The van der Waals surface area contributed by atoms with E-state index in [9.17, 15) is 9.18 Å². The second-order valence-electron chi connectivity index (χ2n) is 3.30. The number of hydrogen-bond donors (Lipinski definition) is 1. The van der Waals surface area contributed by atoms with E-state index in [1.54, 1.807) is 24.3 Å². The number of rotatable bonds is 2. The molecule has 0 aliphatic carbocycles. The van der Waals surface area contributed by atoms with E-state index in [4.69, 9.17) is 11.6 Å². The van der Waals surface area contributed by atoms with Crippen molar-refractivity contribution in [1.82, 2.24) is 4.98 Å². The molecule has 0 spiro atoms. The van der Waals surface area contributed by atoms with Crippen molar-refractivity contribution in [3.8, 4) is 0 Å². The highest BCUT2D eigenvalue weighted by molar-refractivity contribution is 6.34. The lowest BCUT2D eigenvalue weighted by Gasteiger charge is -2.05. The van der Waals surface area contributed by atoms with Gasteiger partial charge in [-0.25, -0.2) is 9.37 Å². The number of carbonyl (C=O) groups excluding carboxylic acids is 1. The standard InChI is InChI=1S/C12H8ClFN2O/c13-10-4-2-1-3-9(10)12(17)16-11-6-5-8(14)7-15-11/h1-7H,(H,15,16,17). The first kappa shape index (κ1) is 11.5. The fourth-order valence-electron chi connectivity index (χ4n) is 1.28. The van der Waals surface area contributed by atoms with Crippen LogP contribution in [0.25, 0.3) is 0 Å². The van der Waals surface area contributed by atoms with Gasteiger partial charge in [-0.1, -0.05) is 23.7 Å². The van der Waals surface area contributed by atoms with Gasteiger partial charge in [0, 0.05) is 0 Å². The molecule has 86 valence electrons. The molecule has 0 saturated carbocycles. The van der Waals surface area contributed by atoms with Crippen LogP contribution in [-0.4, -0.2) is 10.9 Å². The van der Waals surface area contributed by atoms with Crippen molar-refractivity contribution in [3.63, 3.8) is 0 Å². The molecule has 0 bridgehead atoms. The average Bonchev–Trinajstić information content (AvgIpc) is 2.32. The van der Waals surface area contributed by atoms with Gasteiger partial charge in [-0.2, -0.15) is 0 Å². The van der Waals surface area contributed by atoms with Crippen LogP contribution in [0.4, 0.5) is 10.2 Å². The Bertz CT molecular complexity index is 542. The summed E-state index contributed by atoms with van der Waals surface area (Å²) in [4.78, 5) is 15.5. The number of nitrogens with zero attached hydrogens (tertiary/aromatic N) is 1. The largest absolute Gasteiger partial charge is 0.307 e. The highest BCUT2D eigenvalue weighted by atomic mass is 35.5. The molecule has 0 fully saturated rings. The third-order valence-corrected chi connectivity index (χ3v) is 2.42. The molecular formula is C12H8ClFN2O. The van der Waals surface area contributed by atoms with E-state index in [1.165, 1.54) is 12.1 Å². The maximum absolute atomic E-state index is 12.6. The summed E-state index contributed by atoms with van der Waals surface area (Å²) < 4.78 is 12.6. The summed E-state index contributed by atoms with van der Waals surface area (Å²) in [7, 11) is 0. The molecule has 1 amide bonds. The van der Waals surface area contributed by atoms with Crippen molar-refractivity contribution in [2.45, 2.75) is 0 Å². The lowest BCUT2D eigenvalue weighted by molar-refractivity contribution is 0.102. The normalized spacial score (nSPS) is 10.0. The van der Waals surface area contributed by atoms with Gasteiger partial charge in [-0.05, 0) is 24.3 Å². The Morgan fingerprint density at radius 1 is 1.24 bits per heavy atom. The number of halogens is 2. The van der Waals surface area contributed by atoms with E-state index in [2.05, 4.69) is 10.3 Å². The van der Waals surface area contributed by atoms with E-state index in [-0.39, 0.29) is 11.7 Å². The van der Waals surface area contributed by atoms with Crippen molar-refractivity contribution >= 4 is 23.3 Å². The molecule has 0 saturated heterocycles. The van der Waals surface area contributed by atoms with Crippen LogP contribution in [-0.2, 0) is 0 Å². The first-order chi connectivity index (χ1) is 8.16. The predicted octanol–water partition coefficient (Wildman–Crippen LogP) is 3.13. The lowest BCUT2D eigenvalue weighted by Crippen LogP contribution is -2.13. The quantitative estimate of drug-likeness (QED) is 0.890. The van der Waals surface area contributed by atoms with Gasteiger partial charge in [-0.15, -0.1) is 0 Å². The van der Waals surface area contributed by atoms with Crippen molar-refractivity contribution in [3.05, 3.63) is 59.0 Å². The predicted molar refractivity (Wildman–Crippen MR) is 63.6 cm³/mol. The van der Waals surface area contributed by atoms with Crippen LogP contribution < -0.4 is 5.32 Å². The number of aromatic nitrogens is 1. The number of nitrogens with one attached hydrogen (secondary N) is 1. The van der Waals surface area contributed by atoms with Crippen LogP contribution in [0.2, 0.25) is 5.02 Å². The molecule has 17 heavy (non-hydrogen) atoms. The molecule has 0 aliphatic rings. The maximum atomic E-state index is 12.6. The summed E-state index contributed by atoms with van der Waals surface area (Å²) in [6.45, 7) is 0. The Kier molecular flexibility index (Phi) is 3.35. The van der Waals surface area contributed by atoms with Crippen molar-refractivity contribution in [1.29, 1.82) is 0 Å². The Balaban J connectivity index is 2.17. The van der Waals surface area contributed by atoms with Gasteiger partial charge >= 0.3 is 0 Å². The third kappa shape index (κ3) is 2.79. The van der Waals surface area contributed by atoms with Crippen LogP contribution >= 0.6 is 11.6 Å². The number of amides is 1. The number of hydrogen-bond acceptors (Lipinski definition) is 2. The molecule has 1 aromatic carbocycles. The van der Waals surface area contributed by atoms with Gasteiger partial charge < -0.3 is 5.32 Å². The van der Waals surface area contributed by atoms with E-state index < -0.39 is 5.82 Å². The number of carbonyl (C=O) groups is 1. The van der Waals surface area contributed by atoms with E-state index in [0.29, 0.717) is 10.6 Å². The minimum atomic E-state index is -0.458. The van der Waals surface area contributed by atoms with E-state index in [1.807, 2.05) is 0 Å². The Hall–Kier alpha value is -1.94. The zero-order valence-electron chi connectivity index (χ0n) is 8.65. The average molecular weight is 251 g/mol. The molecular weight excluding hydrogens is 243 g/mol. The molecule has 2 aromatic rings. The summed E-state index contributed by atoms with van der Waals surface area (Å²) in [5.74, 6) is -0.563. The van der Waals surface area contributed by atoms with E-state index >= 15 is 0 Å². The SMILES string of the molecule is O=C(Nc1ccc(F)cn1)c1ccccc1Cl. The summed E-state index contributed by atoms with van der Waals surface area (Å²) in [6, 6.07) is 9.25. The second kappa shape index (κ2) is 4.93. The lowest BCUT2D eigenvalue weighted by atomic mass is 10.2. The van der Waals surface area contributed by atoms with Crippen LogP contribution in [0.1, 0.15) is 10.4 Å². The second-order valence-corrected chi connectivity index (χ2v) is 3.70. The highest BCUT2D eigenvalue weighted by Gasteiger charge is 2.09. The molecule has 1 aromatic heterocycles. The van der Waals surface area contributed by atoms with Crippen LogP contribution in [0.5, 0.6) is 0 Å². The van der Waals surface area contributed by atoms with Gasteiger partial charge in [0.2, 0.25) is 0 Å². The fourth-order valence-corrected chi connectivity index (χ4v) is 1.50. The zero-order valence-corrected chi connectivity index (χ0v) is 9.41. The summed E-state index contributed by atoms with van der Waals surface area (Å²) in [5, 5.41) is 2.88. The number of anilines is 1. The molecule has 1 N–H and O–H groups in total. The smallest absolute Gasteiger partial charge is 0.258 e. The minimum Gasteiger partial charge on any atom is -0.307 e. The minimum absolute atomic E-state index is 0.274. The zero-order chi connectivity index (χ0) is 12.3. The molecule has 2 rings (SSSR count). The number of benzene rings is 1.